The average Bonchev–Trinajstić information content (AvgIpc) is 2.73. The van der Waals surface area contributed by atoms with Gasteiger partial charge in [-0.05, 0) is 74.0 Å². The van der Waals surface area contributed by atoms with Crippen LogP contribution in [0.4, 0.5) is 10.5 Å². The Morgan fingerprint density at radius 3 is 2.28 bits per heavy atom. The summed E-state index contributed by atoms with van der Waals surface area (Å²) in [5.41, 5.74) is 1.54. The van der Waals surface area contributed by atoms with Crippen LogP contribution in [0.5, 0.6) is 5.75 Å². The maximum atomic E-state index is 12.7. The molecule has 2 N–H and O–H groups in total. The van der Waals surface area contributed by atoms with E-state index in [-0.39, 0.29) is 12.1 Å². The fourth-order valence-electron chi connectivity index (χ4n) is 2.57. The first-order chi connectivity index (χ1) is 14.0. The molecule has 1 aromatic heterocycles. The molecular weight excluding hydrogens is 386 g/mol. The largest absolute Gasteiger partial charge is 0.491 e. The zero-order valence-electron chi connectivity index (χ0n) is 16.3. The third kappa shape index (κ3) is 6.15. The molecule has 2 aromatic carbocycles. The summed E-state index contributed by atoms with van der Waals surface area (Å²) >= 11 is 0. The first-order valence-electron chi connectivity index (χ1n) is 9.23. The van der Waals surface area contributed by atoms with Crippen molar-refractivity contribution in [1.82, 2.24) is 10.3 Å². The van der Waals surface area contributed by atoms with Gasteiger partial charge in [-0.2, -0.15) is 0 Å². The Balaban J connectivity index is 1.56. The minimum absolute atomic E-state index is 0.0907. The topological polar surface area (TPSA) is 80.3 Å². The van der Waals surface area contributed by atoms with E-state index in [2.05, 4.69) is 15.6 Å². The number of hydrogen-bond donors (Lipinski definition) is 2. The van der Waals surface area contributed by atoms with Crippen molar-refractivity contribution < 1.29 is 13.7 Å². The van der Waals surface area contributed by atoms with E-state index in [4.69, 9.17) is 4.74 Å². The molecule has 1 unspecified atom stereocenters. The third-order valence-corrected chi connectivity index (χ3v) is 5.31. The summed E-state index contributed by atoms with van der Waals surface area (Å²) in [6.07, 6.45) is 3.47. The number of rotatable bonds is 7. The Kier molecular flexibility index (Phi) is 6.97. The van der Waals surface area contributed by atoms with Gasteiger partial charge < -0.3 is 15.4 Å². The fraction of sp³-hybridized carbons (Fsp3) is 0.182. The standard InChI is InChI=1S/C22H23N3O3S/c1-16(2)28-19-7-11-21(12-8-19)29(27)20-9-5-18(6-10-20)25-22(26)24-15-17-4-3-13-23-14-17/h3-14,16H,15H2,1-2H3,(H2,24,25,26). The molecule has 0 saturated carbocycles. The second-order valence-electron chi connectivity index (χ2n) is 6.60. The van der Waals surface area contributed by atoms with E-state index in [1.807, 2.05) is 38.1 Å². The van der Waals surface area contributed by atoms with Gasteiger partial charge in [-0.3, -0.25) is 4.98 Å². The molecule has 29 heavy (non-hydrogen) atoms. The van der Waals surface area contributed by atoms with Crippen molar-refractivity contribution in [3.8, 4) is 5.75 Å². The molecule has 0 aliphatic heterocycles. The minimum atomic E-state index is -1.31. The van der Waals surface area contributed by atoms with E-state index >= 15 is 0 Å². The van der Waals surface area contributed by atoms with E-state index in [1.165, 1.54) is 0 Å². The number of nitrogens with zero attached hydrogens (tertiary/aromatic N) is 1. The number of hydrogen-bond acceptors (Lipinski definition) is 4. The van der Waals surface area contributed by atoms with Gasteiger partial charge in [0.1, 0.15) is 5.75 Å². The Morgan fingerprint density at radius 1 is 1.03 bits per heavy atom. The van der Waals surface area contributed by atoms with Gasteiger partial charge in [0.15, 0.2) is 0 Å². The molecule has 1 heterocycles. The Labute approximate surface area is 172 Å². The van der Waals surface area contributed by atoms with Crippen molar-refractivity contribution in [2.24, 2.45) is 0 Å². The highest BCUT2D eigenvalue weighted by Crippen LogP contribution is 2.21. The highest BCUT2D eigenvalue weighted by molar-refractivity contribution is 7.85. The number of pyridine rings is 1. The molecule has 0 saturated heterocycles. The number of carbonyl (C=O) groups excluding carboxylic acids is 1. The van der Waals surface area contributed by atoms with Crippen LogP contribution in [-0.2, 0) is 17.3 Å². The van der Waals surface area contributed by atoms with Crippen LogP contribution < -0.4 is 15.4 Å². The van der Waals surface area contributed by atoms with Crippen LogP contribution in [0.1, 0.15) is 19.4 Å². The summed E-state index contributed by atoms with van der Waals surface area (Å²) in [5.74, 6) is 0.748. The normalized spacial score (nSPS) is 11.7. The predicted molar refractivity (Wildman–Crippen MR) is 113 cm³/mol. The van der Waals surface area contributed by atoms with Crippen molar-refractivity contribution in [1.29, 1.82) is 0 Å². The molecule has 0 fully saturated rings. The summed E-state index contributed by atoms with van der Waals surface area (Å²) in [7, 11) is -1.31. The molecule has 0 aliphatic carbocycles. The number of benzene rings is 2. The highest BCUT2D eigenvalue weighted by Gasteiger charge is 2.09. The van der Waals surface area contributed by atoms with Crippen LogP contribution in [0.25, 0.3) is 0 Å². The smallest absolute Gasteiger partial charge is 0.319 e. The number of nitrogens with one attached hydrogen (secondary N) is 2. The van der Waals surface area contributed by atoms with E-state index in [1.54, 1.807) is 48.8 Å². The van der Waals surface area contributed by atoms with Gasteiger partial charge in [0.2, 0.25) is 0 Å². The van der Waals surface area contributed by atoms with Gasteiger partial charge in [-0.25, -0.2) is 9.00 Å². The molecule has 3 rings (SSSR count). The van der Waals surface area contributed by atoms with E-state index in [9.17, 15) is 9.00 Å². The second kappa shape index (κ2) is 9.84. The molecule has 6 nitrogen and oxygen atoms in total. The first kappa shape index (κ1) is 20.5. The third-order valence-electron chi connectivity index (χ3n) is 3.91. The second-order valence-corrected chi connectivity index (χ2v) is 8.08. The van der Waals surface area contributed by atoms with Crippen LogP contribution >= 0.6 is 0 Å². The molecule has 3 aromatic rings. The number of urea groups is 1. The van der Waals surface area contributed by atoms with Crippen LogP contribution in [0, 0.1) is 0 Å². The zero-order chi connectivity index (χ0) is 20.6. The lowest BCUT2D eigenvalue weighted by Gasteiger charge is -2.10. The van der Waals surface area contributed by atoms with Gasteiger partial charge >= 0.3 is 6.03 Å². The van der Waals surface area contributed by atoms with E-state index in [0.717, 1.165) is 11.3 Å². The average molecular weight is 410 g/mol. The number of amides is 2. The Morgan fingerprint density at radius 2 is 1.69 bits per heavy atom. The Bertz CT molecular complexity index is 959. The maximum Gasteiger partial charge on any atom is 0.319 e. The molecule has 2 amide bonds. The molecule has 0 spiro atoms. The molecule has 0 aliphatic rings. The molecule has 1 atom stereocenters. The molecule has 7 heteroatoms. The number of carbonyl (C=O) groups is 1. The monoisotopic (exact) mass is 409 g/mol. The van der Waals surface area contributed by atoms with Crippen LogP contribution in [0.3, 0.4) is 0 Å². The molecule has 150 valence electrons. The predicted octanol–water partition coefficient (Wildman–Crippen LogP) is 4.36. The minimum Gasteiger partial charge on any atom is -0.491 e. The maximum absolute atomic E-state index is 12.7. The quantitative estimate of drug-likeness (QED) is 0.608. The van der Waals surface area contributed by atoms with Crippen LogP contribution in [0.15, 0.2) is 82.8 Å². The first-order valence-corrected chi connectivity index (χ1v) is 10.4. The van der Waals surface area contributed by atoms with Gasteiger partial charge in [0.05, 0.1) is 16.9 Å². The van der Waals surface area contributed by atoms with Gasteiger partial charge in [-0.1, -0.05) is 6.07 Å². The summed E-state index contributed by atoms with van der Waals surface area (Å²) in [4.78, 5) is 17.4. The van der Waals surface area contributed by atoms with E-state index < -0.39 is 10.8 Å². The SMILES string of the molecule is CC(C)Oc1ccc(S(=O)c2ccc(NC(=O)NCc3cccnc3)cc2)cc1. The Hall–Kier alpha value is -3.19. The van der Waals surface area contributed by atoms with Gasteiger partial charge in [0.25, 0.3) is 0 Å². The lowest BCUT2D eigenvalue weighted by Crippen LogP contribution is -2.28. The lowest BCUT2D eigenvalue weighted by atomic mass is 10.3. The van der Waals surface area contributed by atoms with Crippen LogP contribution in [0.2, 0.25) is 0 Å². The van der Waals surface area contributed by atoms with Crippen LogP contribution in [-0.4, -0.2) is 21.3 Å². The summed E-state index contributed by atoms with van der Waals surface area (Å²) in [6, 6.07) is 17.6. The van der Waals surface area contributed by atoms with Crippen molar-refractivity contribution >= 4 is 22.5 Å². The zero-order valence-corrected chi connectivity index (χ0v) is 17.1. The summed E-state index contributed by atoms with van der Waals surface area (Å²) in [5, 5.41) is 5.53. The number of ether oxygens (including phenoxy) is 1. The van der Waals surface area contributed by atoms with Crippen molar-refractivity contribution in [3.63, 3.8) is 0 Å². The highest BCUT2D eigenvalue weighted by atomic mass is 32.2. The fourth-order valence-corrected chi connectivity index (χ4v) is 3.61. The lowest BCUT2D eigenvalue weighted by molar-refractivity contribution is 0.242. The number of aromatic nitrogens is 1. The van der Waals surface area contributed by atoms with Gasteiger partial charge in [-0.15, -0.1) is 0 Å². The van der Waals surface area contributed by atoms with Crippen molar-refractivity contribution in [3.05, 3.63) is 78.6 Å². The molecule has 0 bridgehead atoms. The number of anilines is 1. The van der Waals surface area contributed by atoms with Crippen molar-refractivity contribution in [2.45, 2.75) is 36.3 Å². The molecular formula is C22H23N3O3S. The summed E-state index contributed by atoms with van der Waals surface area (Å²) < 4.78 is 18.3. The van der Waals surface area contributed by atoms with Gasteiger partial charge in [0, 0.05) is 34.4 Å². The molecule has 0 radical (unpaired) electrons. The summed E-state index contributed by atoms with van der Waals surface area (Å²) in [6.45, 7) is 4.31. The van der Waals surface area contributed by atoms with E-state index in [0.29, 0.717) is 22.0 Å². The van der Waals surface area contributed by atoms with Crippen molar-refractivity contribution in [2.75, 3.05) is 5.32 Å².